The first-order chi connectivity index (χ1) is 8.47. The molecule has 1 rings (SSSR count). The van der Waals surface area contributed by atoms with E-state index in [9.17, 15) is 0 Å². The highest BCUT2D eigenvalue weighted by atomic mass is 16.5. The number of hydrogen-bond acceptors (Lipinski definition) is 4. The Bertz CT molecular complexity index is 450. The van der Waals surface area contributed by atoms with Crippen molar-refractivity contribution in [2.45, 2.75) is 33.6 Å². The first-order valence-corrected chi connectivity index (χ1v) is 5.86. The molecule has 5 N–H and O–H groups in total. The van der Waals surface area contributed by atoms with Crippen molar-refractivity contribution < 1.29 is 4.52 Å². The predicted molar refractivity (Wildman–Crippen MR) is 70.8 cm³/mol. The van der Waals surface area contributed by atoms with Crippen LogP contribution in [0.25, 0.3) is 0 Å². The van der Waals surface area contributed by atoms with E-state index in [0.717, 1.165) is 24.1 Å². The van der Waals surface area contributed by atoms with Crippen LogP contribution in [0.15, 0.2) is 9.52 Å². The molecular formula is C11H20N6O. The Labute approximate surface area is 106 Å². The minimum absolute atomic E-state index is 0.126. The highest BCUT2D eigenvalue weighted by Gasteiger charge is 2.13. The third-order valence-electron chi connectivity index (χ3n) is 2.65. The molecule has 18 heavy (non-hydrogen) atoms. The lowest BCUT2D eigenvalue weighted by Crippen LogP contribution is -2.45. The van der Waals surface area contributed by atoms with Crippen molar-refractivity contribution in [1.82, 2.24) is 10.1 Å². The molecule has 7 nitrogen and oxygen atoms in total. The summed E-state index contributed by atoms with van der Waals surface area (Å²) in [5.74, 6) is 0.376. The van der Waals surface area contributed by atoms with Gasteiger partial charge < -0.3 is 16.0 Å². The summed E-state index contributed by atoms with van der Waals surface area (Å²) in [6, 6.07) is 0. The van der Waals surface area contributed by atoms with Crippen LogP contribution >= 0.6 is 0 Å². The molecule has 0 bridgehead atoms. The minimum Gasteiger partial charge on any atom is -0.370 e. The molecule has 0 saturated carbocycles. The minimum atomic E-state index is -0.126. The van der Waals surface area contributed by atoms with E-state index in [2.05, 4.69) is 17.1 Å². The quantitative estimate of drug-likeness (QED) is 0.550. The molecule has 0 aliphatic heterocycles. The third-order valence-corrected chi connectivity index (χ3v) is 2.65. The Morgan fingerprint density at radius 1 is 1.44 bits per heavy atom. The van der Waals surface area contributed by atoms with Gasteiger partial charge in [0.1, 0.15) is 0 Å². The summed E-state index contributed by atoms with van der Waals surface area (Å²) in [7, 11) is 0. The third kappa shape index (κ3) is 3.22. The van der Waals surface area contributed by atoms with E-state index in [1.807, 2.05) is 13.8 Å². The van der Waals surface area contributed by atoms with Crippen molar-refractivity contribution in [2.24, 2.45) is 16.5 Å². The van der Waals surface area contributed by atoms with Gasteiger partial charge in [-0.05, 0) is 20.3 Å². The lowest BCUT2D eigenvalue weighted by molar-refractivity contribution is 0.423. The molecule has 1 heterocycles. The average molecular weight is 252 g/mol. The van der Waals surface area contributed by atoms with Crippen LogP contribution < -0.4 is 11.5 Å². The summed E-state index contributed by atoms with van der Waals surface area (Å²) in [5, 5.41) is 11.3. The number of aryl methyl sites for hydroxylation is 1. The second-order valence-corrected chi connectivity index (χ2v) is 4.06. The SMILES string of the molecule is CCCCN(C(=N)N)/C(N)=N/c1onc(C)c1C. The highest BCUT2D eigenvalue weighted by Crippen LogP contribution is 2.20. The van der Waals surface area contributed by atoms with Crippen LogP contribution in [0, 0.1) is 19.3 Å². The summed E-state index contributed by atoms with van der Waals surface area (Å²) in [6.45, 7) is 6.29. The van der Waals surface area contributed by atoms with E-state index in [-0.39, 0.29) is 11.9 Å². The molecule has 0 fully saturated rings. The molecule has 1 aromatic heterocycles. The van der Waals surface area contributed by atoms with Gasteiger partial charge in [0, 0.05) is 12.1 Å². The Balaban J connectivity index is 2.91. The summed E-state index contributed by atoms with van der Waals surface area (Å²) in [6.07, 6.45) is 1.86. The maximum atomic E-state index is 7.48. The van der Waals surface area contributed by atoms with Gasteiger partial charge in [0.25, 0.3) is 5.88 Å². The zero-order valence-electron chi connectivity index (χ0n) is 11.0. The maximum absolute atomic E-state index is 7.48. The van der Waals surface area contributed by atoms with Crippen molar-refractivity contribution in [1.29, 1.82) is 5.41 Å². The normalized spacial score (nSPS) is 11.6. The van der Waals surface area contributed by atoms with Gasteiger partial charge >= 0.3 is 0 Å². The average Bonchev–Trinajstić information content (AvgIpc) is 2.61. The summed E-state index contributed by atoms with van der Waals surface area (Å²) >= 11 is 0. The Kier molecular flexibility index (Phi) is 4.70. The predicted octanol–water partition coefficient (Wildman–Crippen LogP) is 1.23. The number of rotatable bonds is 4. The fourth-order valence-electron chi connectivity index (χ4n) is 1.35. The molecule has 0 unspecified atom stereocenters. The zero-order chi connectivity index (χ0) is 13.7. The van der Waals surface area contributed by atoms with Gasteiger partial charge in [0.15, 0.2) is 5.96 Å². The molecule has 100 valence electrons. The van der Waals surface area contributed by atoms with Crippen LogP contribution in [0.3, 0.4) is 0 Å². The molecule has 0 spiro atoms. The molecule has 0 aliphatic rings. The van der Waals surface area contributed by atoms with E-state index in [4.69, 9.17) is 21.4 Å². The van der Waals surface area contributed by atoms with Crippen LogP contribution in [0.5, 0.6) is 0 Å². The summed E-state index contributed by atoms with van der Waals surface area (Å²) < 4.78 is 5.04. The van der Waals surface area contributed by atoms with Crippen molar-refractivity contribution in [3.8, 4) is 0 Å². The van der Waals surface area contributed by atoms with Crippen LogP contribution in [-0.2, 0) is 0 Å². The lowest BCUT2D eigenvalue weighted by Gasteiger charge is -2.20. The monoisotopic (exact) mass is 252 g/mol. The standard InChI is InChI=1S/C11H20N6O/c1-4-5-6-17(10(12)13)11(14)15-9-7(2)8(3)16-18-9/h4-6H2,1-3H3,(H3,12,13)(H2,14,15). The molecule has 1 aromatic rings. The molecule has 0 saturated heterocycles. The first kappa shape index (κ1) is 14.0. The Morgan fingerprint density at radius 3 is 2.56 bits per heavy atom. The summed E-state index contributed by atoms with van der Waals surface area (Å²) in [4.78, 5) is 5.57. The highest BCUT2D eigenvalue weighted by molar-refractivity contribution is 5.96. The number of nitrogens with zero attached hydrogens (tertiary/aromatic N) is 3. The first-order valence-electron chi connectivity index (χ1n) is 5.86. The van der Waals surface area contributed by atoms with Gasteiger partial charge in [-0.1, -0.05) is 18.5 Å². The number of nitrogens with one attached hydrogen (secondary N) is 1. The second kappa shape index (κ2) is 6.04. The van der Waals surface area contributed by atoms with Gasteiger partial charge in [-0.25, -0.2) is 0 Å². The molecule has 7 heteroatoms. The van der Waals surface area contributed by atoms with Crippen LogP contribution in [0.1, 0.15) is 31.0 Å². The van der Waals surface area contributed by atoms with Crippen molar-refractivity contribution in [3.63, 3.8) is 0 Å². The van der Waals surface area contributed by atoms with E-state index >= 15 is 0 Å². The van der Waals surface area contributed by atoms with Gasteiger partial charge in [0.2, 0.25) is 5.96 Å². The molecule has 0 aromatic carbocycles. The largest absolute Gasteiger partial charge is 0.370 e. The fourth-order valence-corrected chi connectivity index (χ4v) is 1.35. The number of nitrogens with two attached hydrogens (primary N) is 2. The van der Waals surface area contributed by atoms with Crippen LogP contribution in [-0.4, -0.2) is 28.5 Å². The van der Waals surface area contributed by atoms with Gasteiger partial charge in [0.05, 0.1) is 5.69 Å². The zero-order valence-corrected chi connectivity index (χ0v) is 11.0. The Hall–Kier alpha value is -2.05. The lowest BCUT2D eigenvalue weighted by atomic mass is 10.3. The number of aliphatic imine (C=N–C) groups is 1. The van der Waals surface area contributed by atoms with Crippen LogP contribution in [0.2, 0.25) is 0 Å². The van der Waals surface area contributed by atoms with Gasteiger partial charge in [-0.3, -0.25) is 10.3 Å². The fraction of sp³-hybridized carbons (Fsp3) is 0.545. The van der Waals surface area contributed by atoms with Crippen molar-refractivity contribution in [2.75, 3.05) is 6.54 Å². The molecule has 0 radical (unpaired) electrons. The second-order valence-electron chi connectivity index (χ2n) is 4.06. The van der Waals surface area contributed by atoms with E-state index in [0.29, 0.717) is 12.4 Å². The number of aromatic nitrogens is 1. The van der Waals surface area contributed by atoms with Crippen molar-refractivity contribution in [3.05, 3.63) is 11.3 Å². The van der Waals surface area contributed by atoms with Crippen LogP contribution in [0.4, 0.5) is 5.88 Å². The number of unbranched alkanes of at least 4 members (excludes halogenated alkanes) is 1. The van der Waals surface area contributed by atoms with E-state index < -0.39 is 0 Å². The van der Waals surface area contributed by atoms with Gasteiger partial charge in [-0.15, -0.1) is 0 Å². The molecule has 0 amide bonds. The van der Waals surface area contributed by atoms with E-state index in [1.54, 1.807) is 0 Å². The summed E-state index contributed by atoms with van der Waals surface area (Å²) in [5.41, 5.74) is 12.9. The maximum Gasteiger partial charge on any atom is 0.256 e. The topological polar surface area (TPSA) is 118 Å². The number of hydrogen-bond donors (Lipinski definition) is 3. The smallest absolute Gasteiger partial charge is 0.256 e. The molecule has 0 aliphatic carbocycles. The Morgan fingerprint density at radius 2 is 2.11 bits per heavy atom. The molecular weight excluding hydrogens is 232 g/mol. The molecule has 0 atom stereocenters. The van der Waals surface area contributed by atoms with E-state index in [1.165, 1.54) is 4.90 Å². The number of guanidine groups is 2. The van der Waals surface area contributed by atoms with Crippen molar-refractivity contribution >= 4 is 17.8 Å². The van der Waals surface area contributed by atoms with Gasteiger partial charge in [-0.2, -0.15) is 4.99 Å².